The Morgan fingerprint density at radius 3 is 2.41 bits per heavy atom. The zero-order valence-electron chi connectivity index (χ0n) is 13.9. The smallest absolute Gasteiger partial charge is 0.408 e. The molecule has 1 amide bonds. The zero-order chi connectivity index (χ0) is 17.1. The minimum absolute atomic E-state index is 0.0482. The van der Waals surface area contributed by atoms with Gasteiger partial charge in [0.25, 0.3) is 0 Å². The summed E-state index contributed by atoms with van der Waals surface area (Å²) in [5, 5.41) is 2.70. The van der Waals surface area contributed by atoms with E-state index in [0.717, 1.165) is 6.20 Å². The number of nitrogens with one attached hydrogen (secondary N) is 1. The second-order valence-corrected chi connectivity index (χ2v) is 6.52. The number of methoxy groups -OCH3 is 1. The van der Waals surface area contributed by atoms with Gasteiger partial charge in [-0.3, -0.25) is 4.98 Å². The van der Waals surface area contributed by atoms with E-state index in [0.29, 0.717) is 5.69 Å². The van der Waals surface area contributed by atoms with Crippen LogP contribution in [0.15, 0.2) is 12.3 Å². The van der Waals surface area contributed by atoms with E-state index < -0.39 is 29.2 Å². The molecule has 6 nitrogen and oxygen atoms in total. The molecule has 3 N–H and O–H groups in total. The van der Waals surface area contributed by atoms with Gasteiger partial charge in [0.1, 0.15) is 11.6 Å². The van der Waals surface area contributed by atoms with Crippen LogP contribution < -0.4 is 11.1 Å². The summed E-state index contributed by atoms with van der Waals surface area (Å²) in [6, 6.07) is 0.716. The van der Waals surface area contributed by atoms with E-state index in [2.05, 4.69) is 10.3 Å². The van der Waals surface area contributed by atoms with Gasteiger partial charge < -0.3 is 20.5 Å². The maximum absolute atomic E-state index is 13.3. The molecule has 1 aromatic rings. The third-order valence-corrected chi connectivity index (χ3v) is 3.08. The molecular formula is C15H24FN3O3. The Morgan fingerprint density at radius 2 is 1.95 bits per heavy atom. The van der Waals surface area contributed by atoms with E-state index in [1.54, 1.807) is 34.6 Å². The molecule has 1 rings (SSSR count). The number of anilines is 1. The molecule has 1 heterocycles. The molecule has 1 aromatic heterocycles. The standard InChI is InChI=1S/C15H24FN3O3/c1-14(2,3)22-13(20)19-12(15(4,5)21-6)11-7-10(17)9(16)8-18-11/h7-8,12H,1-6H3,(H2,17,18)(H,19,20). The number of carbonyl (C=O) groups is 1. The van der Waals surface area contributed by atoms with E-state index in [-0.39, 0.29) is 5.69 Å². The van der Waals surface area contributed by atoms with Gasteiger partial charge in [-0.1, -0.05) is 0 Å². The number of hydrogen-bond donors (Lipinski definition) is 2. The van der Waals surface area contributed by atoms with Crippen LogP contribution in [0.4, 0.5) is 14.9 Å². The first kappa shape index (κ1) is 18.2. The summed E-state index contributed by atoms with van der Waals surface area (Å²) < 4.78 is 23.9. The number of nitrogens with zero attached hydrogens (tertiary/aromatic N) is 1. The Kier molecular flexibility index (Phi) is 5.35. The molecular weight excluding hydrogens is 289 g/mol. The summed E-state index contributed by atoms with van der Waals surface area (Å²) in [5.41, 5.74) is 4.48. The number of carbonyl (C=O) groups excluding carboxylic acids is 1. The average molecular weight is 313 g/mol. The number of ether oxygens (including phenoxy) is 2. The van der Waals surface area contributed by atoms with Crippen molar-refractivity contribution in [2.75, 3.05) is 12.8 Å². The molecule has 22 heavy (non-hydrogen) atoms. The van der Waals surface area contributed by atoms with Crippen molar-refractivity contribution in [1.29, 1.82) is 0 Å². The first-order valence-electron chi connectivity index (χ1n) is 6.92. The maximum Gasteiger partial charge on any atom is 0.408 e. The largest absolute Gasteiger partial charge is 0.444 e. The molecule has 0 bridgehead atoms. The second-order valence-electron chi connectivity index (χ2n) is 6.52. The van der Waals surface area contributed by atoms with Gasteiger partial charge in [-0.2, -0.15) is 0 Å². The average Bonchev–Trinajstić information content (AvgIpc) is 2.37. The lowest BCUT2D eigenvalue weighted by molar-refractivity contribution is -0.0182. The number of alkyl carbamates (subject to hydrolysis) is 1. The van der Waals surface area contributed by atoms with E-state index in [1.807, 2.05) is 0 Å². The molecule has 0 saturated carbocycles. The summed E-state index contributed by atoms with van der Waals surface area (Å²) >= 11 is 0. The molecule has 0 aromatic carbocycles. The molecule has 1 atom stereocenters. The Hall–Kier alpha value is -1.89. The van der Waals surface area contributed by atoms with Crippen molar-refractivity contribution in [3.05, 3.63) is 23.8 Å². The van der Waals surface area contributed by atoms with Crippen LogP contribution in [-0.4, -0.2) is 29.4 Å². The topological polar surface area (TPSA) is 86.5 Å². The van der Waals surface area contributed by atoms with E-state index in [9.17, 15) is 9.18 Å². The molecule has 1 unspecified atom stereocenters. The first-order chi connectivity index (χ1) is 9.96. The van der Waals surface area contributed by atoms with Crippen LogP contribution in [0.2, 0.25) is 0 Å². The number of rotatable bonds is 4. The summed E-state index contributed by atoms with van der Waals surface area (Å²) in [4.78, 5) is 16.0. The van der Waals surface area contributed by atoms with Gasteiger partial charge in [0.15, 0.2) is 5.82 Å². The fraction of sp³-hybridized carbons (Fsp3) is 0.600. The predicted molar refractivity (Wildman–Crippen MR) is 81.8 cm³/mol. The molecule has 0 saturated heterocycles. The fourth-order valence-electron chi connectivity index (χ4n) is 1.78. The number of amides is 1. The van der Waals surface area contributed by atoms with Crippen LogP contribution in [0.1, 0.15) is 46.4 Å². The van der Waals surface area contributed by atoms with Crippen molar-refractivity contribution in [1.82, 2.24) is 10.3 Å². The lowest BCUT2D eigenvalue weighted by Crippen LogP contribution is -2.45. The highest BCUT2D eigenvalue weighted by atomic mass is 19.1. The molecule has 0 spiro atoms. The summed E-state index contributed by atoms with van der Waals surface area (Å²) in [5.74, 6) is -0.616. The number of halogens is 1. The maximum atomic E-state index is 13.3. The number of hydrogen-bond acceptors (Lipinski definition) is 5. The Labute approximate surface area is 130 Å². The number of nitrogen functional groups attached to an aromatic ring is 1. The van der Waals surface area contributed by atoms with E-state index >= 15 is 0 Å². The Bertz CT molecular complexity index is 541. The SMILES string of the molecule is COC(C)(C)C(NC(=O)OC(C)(C)C)c1cc(N)c(F)cn1. The van der Waals surface area contributed by atoms with Crippen molar-refractivity contribution < 1.29 is 18.7 Å². The van der Waals surface area contributed by atoms with Gasteiger partial charge in [0.05, 0.1) is 23.2 Å². The van der Waals surface area contributed by atoms with E-state index in [1.165, 1.54) is 13.2 Å². The van der Waals surface area contributed by atoms with E-state index in [4.69, 9.17) is 15.2 Å². The van der Waals surface area contributed by atoms with Crippen LogP contribution in [0.5, 0.6) is 0 Å². The van der Waals surface area contributed by atoms with Crippen LogP contribution in [0.3, 0.4) is 0 Å². The van der Waals surface area contributed by atoms with Gasteiger partial charge in [0.2, 0.25) is 0 Å². The number of pyridine rings is 1. The minimum atomic E-state index is -0.797. The van der Waals surface area contributed by atoms with Gasteiger partial charge in [-0.05, 0) is 40.7 Å². The van der Waals surface area contributed by atoms with Gasteiger partial charge in [-0.15, -0.1) is 0 Å². The number of aromatic nitrogens is 1. The van der Waals surface area contributed by atoms with Crippen LogP contribution >= 0.6 is 0 Å². The molecule has 0 fully saturated rings. The molecule has 124 valence electrons. The lowest BCUT2D eigenvalue weighted by atomic mass is 9.95. The van der Waals surface area contributed by atoms with Gasteiger partial charge in [0, 0.05) is 7.11 Å². The Morgan fingerprint density at radius 1 is 1.36 bits per heavy atom. The minimum Gasteiger partial charge on any atom is -0.444 e. The normalized spacial score (nSPS) is 13.6. The van der Waals surface area contributed by atoms with Gasteiger partial charge in [-0.25, -0.2) is 9.18 Å². The molecule has 0 aliphatic rings. The highest BCUT2D eigenvalue weighted by Gasteiger charge is 2.35. The third kappa shape index (κ3) is 4.84. The predicted octanol–water partition coefficient (Wildman–Crippen LogP) is 2.79. The second kappa shape index (κ2) is 6.48. The van der Waals surface area contributed by atoms with Crippen molar-refractivity contribution >= 4 is 11.8 Å². The lowest BCUT2D eigenvalue weighted by Gasteiger charge is -2.34. The molecule has 0 aliphatic heterocycles. The number of nitrogens with two attached hydrogens (primary N) is 1. The zero-order valence-corrected chi connectivity index (χ0v) is 13.9. The van der Waals surface area contributed by atoms with Gasteiger partial charge >= 0.3 is 6.09 Å². The molecule has 0 radical (unpaired) electrons. The summed E-state index contributed by atoms with van der Waals surface area (Å²) in [7, 11) is 1.51. The highest BCUT2D eigenvalue weighted by molar-refractivity contribution is 5.68. The van der Waals surface area contributed by atoms with Crippen LogP contribution in [0.25, 0.3) is 0 Å². The van der Waals surface area contributed by atoms with Crippen molar-refractivity contribution in [3.63, 3.8) is 0 Å². The van der Waals surface area contributed by atoms with Crippen molar-refractivity contribution in [2.24, 2.45) is 0 Å². The summed E-state index contributed by atoms with van der Waals surface area (Å²) in [6.45, 7) is 8.83. The fourth-order valence-corrected chi connectivity index (χ4v) is 1.78. The quantitative estimate of drug-likeness (QED) is 0.892. The summed E-state index contributed by atoms with van der Waals surface area (Å²) in [6.07, 6.45) is 0.396. The van der Waals surface area contributed by atoms with Crippen LogP contribution in [0, 0.1) is 5.82 Å². The van der Waals surface area contributed by atoms with Crippen LogP contribution in [-0.2, 0) is 9.47 Å². The Balaban J connectivity index is 3.09. The first-order valence-corrected chi connectivity index (χ1v) is 6.92. The molecule has 7 heteroatoms. The van der Waals surface area contributed by atoms with Crippen molar-refractivity contribution in [3.8, 4) is 0 Å². The third-order valence-electron chi connectivity index (χ3n) is 3.08. The van der Waals surface area contributed by atoms with Crippen molar-refractivity contribution in [2.45, 2.75) is 51.9 Å². The highest BCUT2D eigenvalue weighted by Crippen LogP contribution is 2.29. The molecule has 0 aliphatic carbocycles. The monoisotopic (exact) mass is 313 g/mol.